The van der Waals surface area contributed by atoms with Crippen molar-refractivity contribution in [1.29, 1.82) is 0 Å². The largest absolute Gasteiger partial charge is 0.467 e. The Morgan fingerprint density at radius 1 is 0.863 bits per heavy atom. The van der Waals surface area contributed by atoms with E-state index in [1.54, 1.807) is 10.9 Å². The lowest BCUT2D eigenvalue weighted by molar-refractivity contribution is -0.146. The van der Waals surface area contributed by atoms with Gasteiger partial charge in [-0.2, -0.15) is 5.10 Å². The highest BCUT2D eigenvalue weighted by molar-refractivity contribution is 5.98. The summed E-state index contributed by atoms with van der Waals surface area (Å²) in [6.07, 6.45) is 4.89. The van der Waals surface area contributed by atoms with Crippen LogP contribution in [-0.2, 0) is 29.3 Å². The zero-order valence-electron chi connectivity index (χ0n) is 31.7. The van der Waals surface area contributed by atoms with Gasteiger partial charge in [0.2, 0.25) is 17.7 Å². The van der Waals surface area contributed by atoms with Crippen molar-refractivity contribution in [1.82, 2.24) is 35.9 Å². The normalized spacial score (nSPS) is 14.0. The number of methoxy groups -OCH3 is 1. The molecule has 0 bridgehead atoms. The lowest BCUT2D eigenvalue weighted by atomic mass is 9.87. The van der Waals surface area contributed by atoms with Crippen molar-refractivity contribution in [3.05, 3.63) is 47.8 Å². The van der Waals surface area contributed by atoms with Crippen LogP contribution in [0.5, 0.6) is 0 Å². The fraction of sp³-hybridized carbons (Fsp3) is 0.622. The van der Waals surface area contributed by atoms with E-state index in [-0.39, 0.29) is 29.7 Å². The summed E-state index contributed by atoms with van der Waals surface area (Å²) < 4.78 is 6.25. The molecule has 1 aromatic carbocycles. The maximum absolute atomic E-state index is 13.6. The van der Waals surface area contributed by atoms with Crippen LogP contribution in [0.15, 0.2) is 36.7 Å². The van der Waals surface area contributed by atoms with Crippen LogP contribution in [0.2, 0.25) is 0 Å². The Kier molecular flexibility index (Phi) is 17.3. The number of aliphatic hydroxyl groups is 1. The monoisotopic (exact) mass is 713 g/mol. The van der Waals surface area contributed by atoms with Crippen LogP contribution in [0.4, 0.5) is 0 Å². The third-order valence-corrected chi connectivity index (χ3v) is 8.65. The van der Waals surface area contributed by atoms with E-state index in [0.717, 1.165) is 38.9 Å². The second-order valence-electron chi connectivity index (χ2n) is 14.2. The van der Waals surface area contributed by atoms with Crippen molar-refractivity contribution in [2.24, 2.45) is 5.92 Å². The lowest BCUT2D eigenvalue weighted by Gasteiger charge is -2.26. The molecule has 14 nitrogen and oxygen atoms in total. The molecule has 2 aromatic rings. The van der Waals surface area contributed by atoms with Crippen molar-refractivity contribution in [3.63, 3.8) is 0 Å². The SMILES string of the molecule is CCN(CC)CCCC[C@H](NC(=O)[C@H](CC(C)C)NC(=O)[C@H](C)NC(=O)c1cnn(-c2ccc(C(C)(C)C)cc2)c1)C(=O)N[C@@H](CO)C(=O)OC. The first-order valence-corrected chi connectivity index (χ1v) is 17.8. The van der Waals surface area contributed by atoms with E-state index < -0.39 is 60.4 Å². The number of hydrogen-bond donors (Lipinski definition) is 5. The van der Waals surface area contributed by atoms with Gasteiger partial charge in [-0.05, 0) is 81.3 Å². The van der Waals surface area contributed by atoms with Gasteiger partial charge in [0.05, 0.1) is 31.2 Å². The molecule has 0 fully saturated rings. The van der Waals surface area contributed by atoms with Crippen molar-refractivity contribution < 1.29 is 33.8 Å². The third-order valence-electron chi connectivity index (χ3n) is 8.65. The topological polar surface area (TPSA) is 184 Å². The van der Waals surface area contributed by atoms with E-state index in [1.165, 1.54) is 18.7 Å². The molecule has 0 saturated carbocycles. The predicted molar refractivity (Wildman–Crippen MR) is 195 cm³/mol. The number of nitrogens with zero attached hydrogens (tertiary/aromatic N) is 3. The van der Waals surface area contributed by atoms with Crippen molar-refractivity contribution in [2.75, 3.05) is 33.4 Å². The molecule has 1 heterocycles. The minimum atomic E-state index is -1.30. The highest BCUT2D eigenvalue weighted by atomic mass is 16.5. The Morgan fingerprint density at radius 3 is 2.00 bits per heavy atom. The highest BCUT2D eigenvalue weighted by Crippen LogP contribution is 2.23. The van der Waals surface area contributed by atoms with Gasteiger partial charge in [0, 0.05) is 6.20 Å². The van der Waals surface area contributed by atoms with Crippen LogP contribution in [0.3, 0.4) is 0 Å². The van der Waals surface area contributed by atoms with Gasteiger partial charge in [-0.15, -0.1) is 0 Å². The molecule has 284 valence electrons. The quantitative estimate of drug-likeness (QED) is 0.102. The van der Waals surface area contributed by atoms with Gasteiger partial charge in [-0.3, -0.25) is 19.2 Å². The first kappa shape index (κ1) is 42.9. The third kappa shape index (κ3) is 13.7. The van der Waals surface area contributed by atoms with Crippen molar-refractivity contribution in [2.45, 2.75) is 111 Å². The number of hydrogen-bond acceptors (Lipinski definition) is 9. The Hall–Kier alpha value is -4.30. The molecule has 14 heteroatoms. The maximum atomic E-state index is 13.6. The van der Waals surface area contributed by atoms with E-state index >= 15 is 0 Å². The second kappa shape index (κ2) is 20.5. The van der Waals surface area contributed by atoms with Gasteiger partial charge in [0.1, 0.15) is 18.1 Å². The number of nitrogens with one attached hydrogen (secondary N) is 4. The molecule has 0 spiro atoms. The van der Waals surface area contributed by atoms with Crippen LogP contribution in [0.25, 0.3) is 5.69 Å². The smallest absolute Gasteiger partial charge is 0.330 e. The second-order valence-corrected chi connectivity index (χ2v) is 14.2. The van der Waals surface area contributed by atoms with Crippen molar-refractivity contribution in [3.8, 4) is 5.69 Å². The van der Waals surface area contributed by atoms with Gasteiger partial charge < -0.3 is 36.0 Å². The summed E-state index contributed by atoms with van der Waals surface area (Å²) in [5.41, 5.74) is 2.20. The Morgan fingerprint density at radius 2 is 1.45 bits per heavy atom. The van der Waals surface area contributed by atoms with E-state index in [9.17, 15) is 29.1 Å². The molecule has 4 amide bonds. The number of carbonyl (C=O) groups is 5. The standard InChI is InChI=1S/C37H59N7O7/c1-10-43(11-2)19-13-12-14-29(34(48)42-31(23-45)36(50)51-9)40-35(49)30(20-24(3)4)41-32(46)25(5)39-33(47)26-21-38-44(22-26)28-17-15-27(16-18-28)37(6,7)8/h15-18,21-22,24-25,29-31,45H,10-14,19-20,23H2,1-9H3,(H,39,47)(H,40,49)(H,41,46)(H,42,48)/t25-,29-,30-,31-/m0/s1. The molecule has 0 aliphatic heterocycles. The van der Waals surface area contributed by atoms with E-state index in [0.29, 0.717) is 6.42 Å². The first-order valence-electron chi connectivity index (χ1n) is 17.8. The van der Waals surface area contributed by atoms with Crippen LogP contribution in [0.1, 0.15) is 97.0 Å². The molecular weight excluding hydrogens is 654 g/mol. The zero-order valence-corrected chi connectivity index (χ0v) is 31.7. The summed E-state index contributed by atoms with van der Waals surface area (Å²) >= 11 is 0. The summed E-state index contributed by atoms with van der Waals surface area (Å²) in [7, 11) is 1.14. The number of unbranched alkanes of at least 4 members (excludes halogenated alkanes) is 1. The average molecular weight is 714 g/mol. The van der Waals surface area contributed by atoms with Gasteiger partial charge in [-0.1, -0.05) is 60.6 Å². The molecule has 0 radical (unpaired) electrons. The van der Waals surface area contributed by atoms with Crippen LogP contribution in [-0.4, -0.2) is 107 Å². The summed E-state index contributed by atoms with van der Waals surface area (Å²) in [5, 5.41) is 24.6. The van der Waals surface area contributed by atoms with Crippen LogP contribution < -0.4 is 21.3 Å². The van der Waals surface area contributed by atoms with E-state index in [1.807, 2.05) is 38.1 Å². The Balaban J connectivity index is 2.13. The molecule has 2 rings (SSSR count). The van der Waals surface area contributed by atoms with E-state index in [2.05, 4.69) is 70.6 Å². The molecule has 5 N–H and O–H groups in total. The molecule has 51 heavy (non-hydrogen) atoms. The predicted octanol–water partition coefficient (Wildman–Crippen LogP) is 2.47. The number of benzene rings is 1. The lowest BCUT2D eigenvalue weighted by Crippen LogP contribution is -2.58. The van der Waals surface area contributed by atoms with Gasteiger partial charge >= 0.3 is 5.97 Å². The number of esters is 1. The number of aliphatic hydroxyl groups excluding tert-OH is 1. The summed E-state index contributed by atoms with van der Waals surface area (Å²) in [6.45, 7) is 17.7. The van der Waals surface area contributed by atoms with Crippen LogP contribution >= 0.6 is 0 Å². The number of carbonyl (C=O) groups excluding carboxylic acids is 5. The fourth-order valence-electron chi connectivity index (χ4n) is 5.40. The Labute approximate surface area is 302 Å². The minimum absolute atomic E-state index is 0.00364. The zero-order chi connectivity index (χ0) is 38.3. The van der Waals surface area contributed by atoms with Gasteiger partial charge in [-0.25, -0.2) is 9.48 Å². The number of aromatic nitrogens is 2. The minimum Gasteiger partial charge on any atom is -0.467 e. The van der Waals surface area contributed by atoms with Gasteiger partial charge in [0.25, 0.3) is 5.91 Å². The van der Waals surface area contributed by atoms with Gasteiger partial charge in [0.15, 0.2) is 6.04 Å². The molecule has 0 aliphatic rings. The highest BCUT2D eigenvalue weighted by Gasteiger charge is 2.31. The average Bonchev–Trinajstić information content (AvgIpc) is 3.59. The first-order chi connectivity index (χ1) is 24.0. The summed E-state index contributed by atoms with van der Waals surface area (Å²) in [4.78, 5) is 67.6. The molecule has 0 aliphatic carbocycles. The van der Waals surface area contributed by atoms with E-state index in [4.69, 9.17) is 0 Å². The molecule has 0 unspecified atom stereocenters. The summed E-state index contributed by atoms with van der Waals surface area (Å²) in [5.74, 6) is -3.16. The number of rotatable bonds is 20. The van der Waals surface area contributed by atoms with Crippen LogP contribution in [0, 0.1) is 5.92 Å². The number of amides is 4. The molecule has 1 aromatic heterocycles. The van der Waals surface area contributed by atoms with Crippen molar-refractivity contribution >= 4 is 29.6 Å². The molecule has 0 saturated heterocycles. The fourth-order valence-corrected chi connectivity index (χ4v) is 5.40. The summed E-state index contributed by atoms with van der Waals surface area (Å²) in [6, 6.07) is 3.53. The molecular formula is C37H59N7O7. The maximum Gasteiger partial charge on any atom is 0.330 e. The number of ether oxygens (including phenoxy) is 1. The Bertz CT molecular complexity index is 1430. The molecule has 4 atom stereocenters.